The molecule has 1 unspecified atom stereocenters. The van der Waals surface area contributed by atoms with E-state index in [0.29, 0.717) is 47.9 Å². The SMILES string of the molecule is COc1ccc(C)cc1C(=O)NCc1ccc(C(=N)c2c(N)ncnc2NCC2CCCCN2C(=O)NC=NC=N)cc1. The Hall–Kier alpha value is -5.33. The molecule has 1 saturated heterocycles. The summed E-state index contributed by atoms with van der Waals surface area (Å²) in [7, 11) is 1.53. The van der Waals surface area contributed by atoms with Crippen molar-refractivity contribution in [1.29, 1.82) is 10.8 Å². The van der Waals surface area contributed by atoms with Crippen LogP contribution in [0.15, 0.2) is 53.8 Å². The fourth-order valence-corrected chi connectivity index (χ4v) is 4.90. The Morgan fingerprint density at radius 3 is 2.72 bits per heavy atom. The van der Waals surface area contributed by atoms with Gasteiger partial charge in [-0.05, 0) is 43.9 Å². The fraction of sp³-hybridized carbons (Fsp3) is 0.300. The number of likely N-dealkylation sites (tertiary alicyclic amines) is 1. The van der Waals surface area contributed by atoms with E-state index >= 15 is 0 Å². The molecule has 2 aromatic carbocycles. The Labute approximate surface area is 250 Å². The van der Waals surface area contributed by atoms with E-state index in [-0.39, 0.29) is 29.5 Å². The number of nitrogens with zero attached hydrogens (tertiary/aromatic N) is 4. The highest BCUT2D eigenvalue weighted by molar-refractivity contribution is 6.16. The van der Waals surface area contributed by atoms with Crippen molar-refractivity contribution in [2.75, 3.05) is 31.2 Å². The van der Waals surface area contributed by atoms with Crippen molar-refractivity contribution in [1.82, 2.24) is 25.5 Å². The maximum absolute atomic E-state index is 12.8. The van der Waals surface area contributed by atoms with Gasteiger partial charge in [-0.25, -0.2) is 19.8 Å². The molecule has 13 heteroatoms. The number of hydrogen-bond donors (Lipinski definition) is 6. The molecule has 0 aliphatic carbocycles. The maximum Gasteiger partial charge on any atom is 0.322 e. The van der Waals surface area contributed by atoms with Crippen LogP contribution in [0.2, 0.25) is 0 Å². The predicted octanol–water partition coefficient (Wildman–Crippen LogP) is 3.33. The molecule has 0 spiro atoms. The highest BCUT2D eigenvalue weighted by Gasteiger charge is 2.27. The minimum Gasteiger partial charge on any atom is -0.496 e. The van der Waals surface area contributed by atoms with Crippen LogP contribution < -0.4 is 26.4 Å². The molecule has 4 rings (SSSR count). The summed E-state index contributed by atoms with van der Waals surface area (Å²) in [6.07, 6.45) is 6.04. The Morgan fingerprint density at radius 2 is 1.98 bits per heavy atom. The van der Waals surface area contributed by atoms with E-state index in [1.807, 2.05) is 25.1 Å². The first kappa shape index (κ1) is 30.6. The van der Waals surface area contributed by atoms with Gasteiger partial charge in [0.25, 0.3) is 5.91 Å². The first-order chi connectivity index (χ1) is 20.8. The highest BCUT2D eigenvalue weighted by atomic mass is 16.5. The third kappa shape index (κ3) is 7.70. The molecular formula is C30H36N10O3. The molecule has 0 saturated carbocycles. The number of nitrogens with one attached hydrogen (secondary N) is 5. The second-order valence-corrected chi connectivity index (χ2v) is 10.0. The summed E-state index contributed by atoms with van der Waals surface area (Å²) in [6.45, 7) is 3.20. The van der Waals surface area contributed by atoms with Crippen LogP contribution in [0, 0.1) is 17.7 Å². The number of carbonyl (C=O) groups excluding carboxylic acids is 2. The van der Waals surface area contributed by atoms with E-state index in [2.05, 4.69) is 30.9 Å². The molecule has 43 heavy (non-hydrogen) atoms. The van der Waals surface area contributed by atoms with Gasteiger partial charge in [0, 0.05) is 25.2 Å². The maximum atomic E-state index is 12.8. The number of nitrogens with two attached hydrogens (primary N) is 1. The summed E-state index contributed by atoms with van der Waals surface area (Å²) < 4.78 is 5.32. The van der Waals surface area contributed by atoms with E-state index in [1.165, 1.54) is 19.8 Å². The van der Waals surface area contributed by atoms with Gasteiger partial charge in [0.2, 0.25) is 0 Å². The Kier molecular flexibility index (Phi) is 10.3. The highest BCUT2D eigenvalue weighted by Crippen LogP contribution is 2.24. The second kappa shape index (κ2) is 14.5. The number of aliphatic imine (C=N–C) groups is 1. The zero-order chi connectivity index (χ0) is 30.8. The van der Waals surface area contributed by atoms with Crippen molar-refractivity contribution < 1.29 is 14.3 Å². The van der Waals surface area contributed by atoms with E-state index in [9.17, 15) is 9.59 Å². The topological polar surface area (TPSA) is 195 Å². The zero-order valence-corrected chi connectivity index (χ0v) is 24.2. The number of aromatic nitrogens is 2. The number of methoxy groups -OCH3 is 1. The molecule has 1 aromatic heterocycles. The lowest BCUT2D eigenvalue weighted by Crippen LogP contribution is -2.51. The number of nitrogen functional groups attached to an aromatic ring is 1. The van der Waals surface area contributed by atoms with E-state index in [0.717, 1.165) is 36.7 Å². The molecule has 2 heterocycles. The normalized spacial score (nSPS) is 14.7. The van der Waals surface area contributed by atoms with Crippen molar-refractivity contribution in [3.8, 4) is 5.75 Å². The van der Waals surface area contributed by atoms with Crippen LogP contribution in [0.4, 0.5) is 16.4 Å². The van der Waals surface area contributed by atoms with Crippen LogP contribution >= 0.6 is 0 Å². The van der Waals surface area contributed by atoms with Crippen LogP contribution in [0.25, 0.3) is 0 Å². The summed E-state index contributed by atoms with van der Waals surface area (Å²) in [5, 5.41) is 24.6. The van der Waals surface area contributed by atoms with Gasteiger partial charge < -0.3 is 26.0 Å². The van der Waals surface area contributed by atoms with Crippen LogP contribution in [0.1, 0.15) is 51.9 Å². The van der Waals surface area contributed by atoms with Crippen molar-refractivity contribution in [3.63, 3.8) is 0 Å². The van der Waals surface area contributed by atoms with Gasteiger partial charge in [-0.15, -0.1) is 0 Å². The Bertz CT molecular complexity index is 1510. The Balaban J connectivity index is 1.42. The molecule has 3 aromatic rings. The van der Waals surface area contributed by atoms with Crippen LogP contribution in [0.3, 0.4) is 0 Å². The molecule has 1 aliphatic heterocycles. The van der Waals surface area contributed by atoms with Gasteiger partial charge >= 0.3 is 6.03 Å². The first-order valence-electron chi connectivity index (χ1n) is 13.9. The van der Waals surface area contributed by atoms with Gasteiger partial charge in [-0.3, -0.25) is 20.9 Å². The third-order valence-corrected chi connectivity index (χ3v) is 7.15. The minimum atomic E-state index is -0.290. The smallest absolute Gasteiger partial charge is 0.322 e. The van der Waals surface area contributed by atoms with Crippen LogP contribution in [0.5, 0.6) is 5.75 Å². The number of rotatable bonds is 11. The molecule has 7 N–H and O–H groups in total. The number of hydrogen-bond acceptors (Lipinski definition) is 9. The number of piperidine rings is 1. The lowest BCUT2D eigenvalue weighted by atomic mass is 10.0. The third-order valence-electron chi connectivity index (χ3n) is 7.15. The fourth-order valence-electron chi connectivity index (χ4n) is 4.90. The van der Waals surface area contributed by atoms with Crippen LogP contribution in [-0.2, 0) is 6.54 Å². The van der Waals surface area contributed by atoms with Gasteiger partial charge in [-0.1, -0.05) is 35.9 Å². The van der Waals surface area contributed by atoms with Crippen molar-refractivity contribution in [2.45, 2.75) is 38.8 Å². The lowest BCUT2D eigenvalue weighted by molar-refractivity contribution is 0.0947. The first-order valence-corrected chi connectivity index (χ1v) is 13.9. The quantitative estimate of drug-likeness (QED) is 0.147. The standard InChI is InChI=1S/C30H36N10O3/c1-19-6-11-24(43-2)23(13-19)29(41)36-14-20-7-9-21(10-8-20)26(32)25-27(33)37-18-38-28(25)35-15-22-5-3-4-12-40(22)30(42)39-17-34-16-31/h6-11,13,16-18,22,32H,3-5,12,14-15H2,1-2H3,(H,36,41)(H2,31,34,39,42)(H3,33,35,37,38). The van der Waals surface area contributed by atoms with Crippen molar-refractivity contribution >= 4 is 42.0 Å². The number of aryl methyl sites for hydroxylation is 1. The molecule has 0 radical (unpaired) electrons. The Morgan fingerprint density at radius 1 is 1.19 bits per heavy atom. The minimum absolute atomic E-state index is 0.116. The number of anilines is 2. The van der Waals surface area contributed by atoms with Crippen molar-refractivity contribution in [3.05, 3.63) is 76.6 Å². The molecule has 3 amide bonds. The second-order valence-electron chi connectivity index (χ2n) is 10.0. The zero-order valence-electron chi connectivity index (χ0n) is 24.2. The average Bonchev–Trinajstić information content (AvgIpc) is 3.02. The van der Waals surface area contributed by atoms with Crippen LogP contribution in [-0.4, -0.2) is 71.4 Å². The average molecular weight is 585 g/mol. The largest absolute Gasteiger partial charge is 0.496 e. The summed E-state index contributed by atoms with van der Waals surface area (Å²) in [4.78, 5) is 39.2. The molecule has 224 valence electrons. The van der Waals surface area contributed by atoms with E-state index in [1.54, 1.807) is 29.2 Å². The monoisotopic (exact) mass is 584 g/mol. The number of amides is 3. The van der Waals surface area contributed by atoms with Crippen molar-refractivity contribution in [2.24, 2.45) is 4.99 Å². The molecule has 0 bridgehead atoms. The van der Waals surface area contributed by atoms with Gasteiger partial charge in [-0.2, -0.15) is 0 Å². The predicted molar refractivity (Wildman–Crippen MR) is 166 cm³/mol. The summed E-state index contributed by atoms with van der Waals surface area (Å²) in [6, 6.07) is 12.3. The summed E-state index contributed by atoms with van der Waals surface area (Å²) >= 11 is 0. The van der Waals surface area contributed by atoms with Gasteiger partial charge in [0.1, 0.15) is 30.1 Å². The number of benzene rings is 2. The molecule has 13 nitrogen and oxygen atoms in total. The van der Waals surface area contributed by atoms with E-state index in [4.69, 9.17) is 21.3 Å². The number of urea groups is 1. The number of carbonyl (C=O) groups is 2. The van der Waals surface area contributed by atoms with Gasteiger partial charge in [0.15, 0.2) is 0 Å². The van der Waals surface area contributed by atoms with E-state index < -0.39 is 0 Å². The molecule has 1 fully saturated rings. The lowest BCUT2D eigenvalue weighted by Gasteiger charge is -2.35. The molecule has 1 aliphatic rings. The number of ether oxygens (including phenoxy) is 1. The molecular weight excluding hydrogens is 548 g/mol. The van der Waals surface area contributed by atoms with Gasteiger partial charge in [0.05, 0.1) is 36.3 Å². The summed E-state index contributed by atoms with van der Waals surface area (Å²) in [5.41, 5.74) is 9.60. The molecule has 1 atom stereocenters. The summed E-state index contributed by atoms with van der Waals surface area (Å²) in [5.74, 6) is 0.826.